The largest absolute Gasteiger partial charge is 0.508 e. The quantitative estimate of drug-likeness (QED) is 0.164. The van der Waals surface area contributed by atoms with Gasteiger partial charge in [-0.25, -0.2) is 23.1 Å². The number of terminal acetylenes is 1. The van der Waals surface area contributed by atoms with E-state index >= 15 is 4.39 Å². The fraction of sp³-hybridized carbons (Fsp3) is 0.286. The van der Waals surface area contributed by atoms with Gasteiger partial charge in [-0.05, 0) is 56.0 Å². The molecule has 0 saturated carbocycles. The molecular weight excluding hydrogens is 609 g/mol. The molecule has 2 fully saturated rings. The summed E-state index contributed by atoms with van der Waals surface area (Å²) in [5.41, 5.74) is 4.89. The Balaban J connectivity index is 1.41. The zero-order chi connectivity index (χ0) is 33.0. The number of ether oxygens (including phenoxy) is 1. The first-order valence-electron chi connectivity index (χ1n) is 15.3. The number of aromatic nitrogens is 3. The molecule has 2 aromatic carbocycles. The predicted octanol–water partition coefficient (Wildman–Crippen LogP) is 5.81. The van der Waals surface area contributed by atoms with Crippen molar-refractivity contribution < 1.29 is 23.0 Å². The van der Waals surface area contributed by atoms with E-state index in [1.165, 1.54) is 24.3 Å². The number of hydrogen-bond acceptors (Lipinski definition) is 8. The van der Waals surface area contributed by atoms with Crippen molar-refractivity contribution in [1.29, 1.82) is 0 Å². The Kier molecular flexibility index (Phi) is 7.44. The van der Waals surface area contributed by atoms with Crippen LogP contribution >= 0.6 is 0 Å². The number of aromatic amines is 1. The summed E-state index contributed by atoms with van der Waals surface area (Å²) in [5, 5.41) is 14.1. The van der Waals surface area contributed by atoms with Crippen LogP contribution < -0.4 is 21.3 Å². The van der Waals surface area contributed by atoms with E-state index < -0.39 is 34.9 Å². The number of hydrogen-bond donors (Lipinski definition) is 4. The van der Waals surface area contributed by atoms with Gasteiger partial charge in [-0.2, -0.15) is 0 Å². The number of phenols is 1. The summed E-state index contributed by atoms with van der Waals surface area (Å²) in [4.78, 5) is 27.1. The van der Waals surface area contributed by atoms with Gasteiger partial charge in [0, 0.05) is 41.7 Å². The summed E-state index contributed by atoms with van der Waals surface area (Å²) in [6.45, 7) is 3.02. The highest BCUT2D eigenvalue weighted by molar-refractivity contribution is 6.03. The van der Waals surface area contributed by atoms with Crippen molar-refractivity contribution in [3.63, 3.8) is 0 Å². The lowest BCUT2D eigenvalue weighted by atomic mass is 9.95. The number of pyridine rings is 3. The van der Waals surface area contributed by atoms with Crippen LogP contribution in [0.5, 0.6) is 11.6 Å². The number of H-pyrrole nitrogens is 1. The molecule has 0 spiro atoms. The molecule has 0 amide bonds. The molecule has 1 unspecified atom stereocenters. The molecule has 2 saturated heterocycles. The summed E-state index contributed by atoms with van der Waals surface area (Å²) in [5.74, 6) is 0.671. The van der Waals surface area contributed by atoms with Gasteiger partial charge in [-0.3, -0.25) is 9.69 Å². The smallest absolute Gasteiger partial charge is 0.260 e. The van der Waals surface area contributed by atoms with Crippen molar-refractivity contribution in [3.8, 4) is 35.2 Å². The molecule has 2 aliphatic rings. The fourth-order valence-electron chi connectivity index (χ4n) is 7.16. The average molecular weight is 641 g/mol. The number of alkyl halides is 1. The molecule has 7 rings (SSSR count). The standard InChI is InChI=1S/C35H31F3N6O3/c1-3-22-25(37)8-7-19-12-21(45)13-24(28(19)22)31-30(38)32-29(34(46)43-31)26(41-18(2)23-6-4-10-40-33(23)39)14-27(42-32)47-17-35-9-5-11-44(35)16-20(36)15-35/h1,4,6-8,10,12-14,18,20,45H,5,9,11,15-17H2,2H3,(H2,39,40)(H,41,42)(H,43,46)/t18?,20-,35+/m1/s1. The van der Waals surface area contributed by atoms with Crippen LogP contribution in [0.25, 0.3) is 32.9 Å². The van der Waals surface area contributed by atoms with Crippen LogP contribution in [0.3, 0.4) is 0 Å². The van der Waals surface area contributed by atoms with Gasteiger partial charge < -0.3 is 25.9 Å². The summed E-state index contributed by atoms with van der Waals surface area (Å²) >= 11 is 0. The van der Waals surface area contributed by atoms with Crippen LogP contribution in [0.1, 0.15) is 43.4 Å². The van der Waals surface area contributed by atoms with Crippen molar-refractivity contribution >= 4 is 33.2 Å². The highest BCUT2D eigenvalue weighted by Gasteiger charge is 2.49. The minimum atomic E-state index is -0.972. The zero-order valence-corrected chi connectivity index (χ0v) is 25.4. The SMILES string of the molecule is C#Cc1c(F)ccc2cc(O)cc(-c3[nH]c(=O)c4c(NC(C)c5cccnc5N)cc(OC[C@@]56CCCN5C[C@H](F)C6)nc4c3F)c12. The number of anilines is 2. The van der Waals surface area contributed by atoms with Gasteiger partial charge in [0.15, 0.2) is 5.82 Å². The zero-order valence-electron chi connectivity index (χ0n) is 25.4. The van der Waals surface area contributed by atoms with Crippen LogP contribution in [0.4, 0.5) is 24.7 Å². The Morgan fingerprint density at radius 1 is 1.28 bits per heavy atom. The van der Waals surface area contributed by atoms with Crippen LogP contribution in [-0.4, -0.2) is 56.4 Å². The first-order valence-corrected chi connectivity index (χ1v) is 15.3. The summed E-state index contributed by atoms with van der Waals surface area (Å²) in [6, 6.07) is 9.66. The molecule has 0 radical (unpaired) electrons. The minimum Gasteiger partial charge on any atom is -0.508 e. The Hall–Kier alpha value is -5.28. The molecule has 2 aliphatic heterocycles. The number of nitrogens with zero attached hydrogens (tertiary/aromatic N) is 3. The van der Waals surface area contributed by atoms with E-state index in [9.17, 15) is 18.7 Å². The summed E-state index contributed by atoms with van der Waals surface area (Å²) in [7, 11) is 0. The van der Waals surface area contributed by atoms with Crippen molar-refractivity contribution in [2.75, 3.05) is 30.7 Å². The molecule has 5 heterocycles. The average Bonchev–Trinajstić information content (AvgIpc) is 3.57. The van der Waals surface area contributed by atoms with E-state index in [1.54, 1.807) is 18.3 Å². The molecule has 240 valence electrons. The number of phenolic OH excluding ortho intramolecular Hbond substituents is 1. The molecule has 47 heavy (non-hydrogen) atoms. The maximum Gasteiger partial charge on any atom is 0.260 e. The molecular formula is C35H31F3N6O3. The number of nitrogen functional groups attached to an aromatic ring is 1. The molecule has 12 heteroatoms. The number of nitrogens with two attached hydrogens (primary N) is 1. The topological polar surface area (TPSA) is 129 Å². The van der Waals surface area contributed by atoms with E-state index in [4.69, 9.17) is 16.9 Å². The number of halogens is 3. The Morgan fingerprint density at radius 3 is 2.89 bits per heavy atom. The van der Waals surface area contributed by atoms with Gasteiger partial charge in [0.25, 0.3) is 5.56 Å². The second-order valence-electron chi connectivity index (χ2n) is 12.2. The van der Waals surface area contributed by atoms with Gasteiger partial charge in [-0.15, -0.1) is 6.42 Å². The van der Waals surface area contributed by atoms with E-state index in [0.29, 0.717) is 23.9 Å². The minimum absolute atomic E-state index is 0.0152. The van der Waals surface area contributed by atoms with Gasteiger partial charge in [0.1, 0.15) is 35.7 Å². The summed E-state index contributed by atoms with van der Waals surface area (Å²) < 4.78 is 52.3. The maximum atomic E-state index is 16.8. The van der Waals surface area contributed by atoms with E-state index in [-0.39, 0.29) is 62.9 Å². The number of rotatable bonds is 7. The lowest BCUT2D eigenvalue weighted by Gasteiger charge is -2.31. The van der Waals surface area contributed by atoms with Crippen molar-refractivity contribution in [2.45, 2.75) is 43.9 Å². The summed E-state index contributed by atoms with van der Waals surface area (Å²) in [6.07, 6.45) is 8.20. The fourth-order valence-corrected chi connectivity index (χ4v) is 7.16. The Morgan fingerprint density at radius 2 is 2.11 bits per heavy atom. The highest BCUT2D eigenvalue weighted by atomic mass is 19.1. The maximum absolute atomic E-state index is 16.8. The predicted molar refractivity (Wildman–Crippen MR) is 174 cm³/mol. The van der Waals surface area contributed by atoms with Crippen LogP contribution in [0.15, 0.2) is 53.5 Å². The van der Waals surface area contributed by atoms with E-state index in [0.717, 1.165) is 25.5 Å². The third-order valence-electron chi connectivity index (χ3n) is 9.31. The third kappa shape index (κ3) is 5.16. The normalized spacial score (nSPS) is 19.9. The number of nitrogens with one attached hydrogen (secondary N) is 2. The Labute approximate surface area is 267 Å². The molecule has 5 aromatic rings. The van der Waals surface area contributed by atoms with Crippen LogP contribution in [-0.2, 0) is 0 Å². The second-order valence-corrected chi connectivity index (χ2v) is 12.2. The van der Waals surface area contributed by atoms with E-state index in [2.05, 4.69) is 31.1 Å². The van der Waals surface area contributed by atoms with Gasteiger partial charge in [0.2, 0.25) is 5.88 Å². The molecule has 9 nitrogen and oxygen atoms in total. The monoisotopic (exact) mass is 640 g/mol. The molecule has 3 atom stereocenters. The highest BCUT2D eigenvalue weighted by Crippen LogP contribution is 2.42. The van der Waals surface area contributed by atoms with Crippen molar-refractivity contribution in [3.05, 3.63) is 81.8 Å². The Bertz CT molecular complexity index is 2170. The van der Waals surface area contributed by atoms with Crippen LogP contribution in [0, 0.1) is 24.0 Å². The molecule has 0 aliphatic carbocycles. The molecule has 0 bridgehead atoms. The number of fused-ring (bicyclic) bond motifs is 3. The second kappa shape index (κ2) is 11.5. The number of benzene rings is 2. The first kappa shape index (κ1) is 30.4. The van der Waals surface area contributed by atoms with Crippen molar-refractivity contribution in [2.24, 2.45) is 0 Å². The third-order valence-corrected chi connectivity index (χ3v) is 9.31. The number of aromatic hydroxyl groups is 1. The van der Waals surface area contributed by atoms with Gasteiger partial charge in [-0.1, -0.05) is 18.1 Å². The lowest BCUT2D eigenvalue weighted by molar-refractivity contribution is 0.111. The lowest BCUT2D eigenvalue weighted by Crippen LogP contribution is -2.43. The van der Waals surface area contributed by atoms with Gasteiger partial charge >= 0.3 is 0 Å². The first-order chi connectivity index (χ1) is 22.6. The molecule has 3 aromatic heterocycles. The molecule has 5 N–H and O–H groups in total. The van der Waals surface area contributed by atoms with Crippen molar-refractivity contribution in [1.82, 2.24) is 19.9 Å². The van der Waals surface area contributed by atoms with Crippen LogP contribution in [0.2, 0.25) is 0 Å². The van der Waals surface area contributed by atoms with Gasteiger partial charge in [0.05, 0.1) is 33.9 Å². The van der Waals surface area contributed by atoms with E-state index in [1.807, 2.05) is 6.92 Å².